The molecular formula is C19H38N4OS. The predicted molar refractivity (Wildman–Crippen MR) is 110 cm³/mol. The Bertz CT molecular complexity index is 386. The van der Waals surface area contributed by atoms with E-state index in [4.69, 9.17) is 9.73 Å². The van der Waals surface area contributed by atoms with Crippen molar-refractivity contribution >= 4 is 17.7 Å². The summed E-state index contributed by atoms with van der Waals surface area (Å²) in [6.45, 7) is 10.6. The number of nitrogens with one attached hydrogen (secondary N) is 2. The standard InChI is InChI=1S/C19H38N4OS/c1-4-20-19(22-17-6-7-18(14-17)25-5-2)21-15-16-8-10-23(11-9-16)12-13-24-3/h16-18H,4-15H2,1-3H3,(H2,20,21,22). The van der Waals surface area contributed by atoms with Crippen LogP contribution in [0, 0.1) is 5.92 Å². The third-order valence-electron chi connectivity index (χ3n) is 5.30. The molecule has 0 aromatic heterocycles. The van der Waals surface area contributed by atoms with Gasteiger partial charge in [0.25, 0.3) is 0 Å². The molecule has 2 fully saturated rings. The molecule has 25 heavy (non-hydrogen) atoms. The van der Waals surface area contributed by atoms with Gasteiger partial charge in [-0.05, 0) is 63.8 Å². The lowest BCUT2D eigenvalue weighted by Gasteiger charge is -2.31. The van der Waals surface area contributed by atoms with E-state index in [0.717, 1.165) is 43.4 Å². The summed E-state index contributed by atoms with van der Waals surface area (Å²) < 4.78 is 5.18. The first-order valence-electron chi connectivity index (χ1n) is 10.1. The SMILES string of the molecule is CCNC(=NCC1CCN(CCOC)CC1)NC1CCC(SCC)C1. The van der Waals surface area contributed by atoms with Gasteiger partial charge in [0, 0.05) is 38.0 Å². The van der Waals surface area contributed by atoms with E-state index in [0.29, 0.717) is 6.04 Å². The number of guanidine groups is 1. The maximum absolute atomic E-state index is 5.18. The minimum absolute atomic E-state index is 0.595. The second-order valence-corrected chi connectivity index (χ2v) is 8.81. The summed E-state index contributed by atoms with van der Waals surface area (Å²) in [6.07, 6.45) is 6.41. The molecule has 1 heterocycles. The number of likely N-dealkylation sites (tertiary alicyclic amines) is 1. The number of methoxy groups -OCH3 is 1. The predicted octanol–water partition coefficient (Wildman–Crippen LogP) is 2.57. The topological polar surface area (TPSA) is 48.9 Å². The largest absolute Gasteiger partial charge is 0.383 e. The van der Waals surface area contributed by atoms with Gasteiger partial charge >= 0.3 is 0 Å². The van der Waals surface area contributed by atoms with Gasteiger partial charge < -0.3 is 20.3 Å². The molecule has 1 saturated carbocycles. The van der Waals surface area contributed by atoms with Gasteiger partial charge in [-0.2, -0.15) is 11.8 Å². The molecule has 0 aromatic carbocycles. The zero-order valence-electron chi connectivity index (χ0n) is 16.4. The van der Waals surface area contributed by atoms with Gasteiger partial charge in [-0.3, -0.25) is 4.99 Å². The van der Waals surface area contributed by atoms with Crippen LogP contribution in [0.25, 0.3) is 0 Å². The first kappa shape index (κ1) is 20.8. The fourth-order valence-corrected chi connectivity index (χ4v) is 4.95. The molecule has 2 N–H and O–H groups in total. The van der Waals surface area contributed by atoms with E-state index >= 15 is 0 Å². The maximum Gasteiger partial charge on any atom is 0.191 e. The van der Waals surface area contributed by atoms with Gasteiger partial charge in [-0.1, -0.05) is 6.92 Å². The zero-order valence-corrected chi connectivity index (χ0v) is 17.2. The summed E-state index contributed by atoms with van der Waals surface area (Å²) in [5.74, 6) is 2.98. The van der Waals surface area contributed by atoms with Crippen molar-refractivity contribution in [2.24, 2.45) is 10.9 Å². The molecular weight excluding hydrogens is 332 g/mol. The number of rotatable bonds is 9. The molecule has 2 unspecified atom stereocenters. The highest BCUT2D eigenvalue weighted by atomic mass is 32.2. The Labute approximate surface area is 158 Å². The molecule has 146 valence electrons. The van der Waals surface area contributed by atoms with Gasteiger partial charge in [-0.25, -0.2) is 0 Å². The van der Waals surface area contributed by atoms with E-state index < -0.39 is 0 Å². The molecule has 0 aromatic rings. The number of ether oxygens (including phenoxy) is 1. The summed E-state index contributed by atoms with van der Waals surface area (Å²) >= 11 is 2.11. The van der Waals surface area contributed by atoms with Crippen molar-refractivity contribution in [1.82, 2.24) is 15.5 Å². The molecule has 6 heteroatoms. The minimum atomic E-state index is 0.595. The van der Waals surface area contributed by atoms with Gasteiger partial charge in [-0.15, -0.1) is 0 Å². The number of hydrogen-bond acceptors (Lipinski definition) is 4. The third-order valence-corrected chi connectivity index (χ3v) is 6.53. The number of thioether (sulfide) groups is 1. The molecule has 1 aliphatic carbocycles. The van der Waals surface area contributed by atoms with E-state index in [1.54, 1.807) is 7.11 Å². The fraction of sp³-hybridized carbons (Fsp3) is 0.947. The lowest BCUT2D eigenvalue weighted by atomic mass is 9.97. The highest BCUT2D eigenvalue weighted by Gasteiger charge is 2.25. The van der Waals surface area contributed by atoms with E-state index in [1.807, 2.05) is 0 Å². The Kier molecular flexibility index (Phi) is 10.0. The average Bonchev–Trinajstić information content (AvgIpc) is 3.06. The quantitative estimate of drug-likeness (QED) is 0.483. The van der Waals surface area contributed by atoms with Crippen LogP contribution < -0.4 is 10.6 Å². The third kappa shape index (κ3) is 7.75. The first-order valence-corrected chi connectivity index (χ1v) is 11.2. The Morgan fingerprint density at radius 2 is 2.00 bits per heavy atom. The molecule has 0 radical (unpaired) electrons. The summed E-state index contributed by atoms with van der Waals surface area (Å²) in [4.78, 5) is 7.41. The second-order valence-electron chi connectivity index (χ2n) is 7.23. The molecule has 1 saturated heterocycles. The van der Waals surface area contributed by atoms with Gasteiger partial charge in [0.1, 0.15) is 0 Å². The molecule has 2 atom stereocenters. The van der Waals surface area contributed by atoms with Gasteiger partial charge in [0.15, 0.2) is 5.96 Å². The lowest BCUT2D eigenvalue weighted by Crippen LogP contribution is -2.43. The van der Waals surface area contributed by atoms with E-state index in [-0.39, 0.29) is 0 Å². The molecule has 0 bridgehead atoms. The van der Waals surface area contributed by atoms with Crippen LogP contribution in [0.3, 0.4) is 0 Å². The van der Waals surface area contributed by atoms with Gasteiger partial charge in [0.2, 0.25) is 0 Å². The van der Waals surface area contributed by atoms with Crippen LogP contribution in [0.15, 0.2) is 4.99 Å². The number of nitrogens with zero attached hydrogens (tertiary/aromatic N) is 2. The highest BCUT2D eigenvalue weighted by Crippen LogP contribution is 2.29. The summed E-state index contributed by atoms with van der Waals surface area (Å²) in [5, 5.41) is 7.95. The molecule has 0 amide bonds. The van der Waals surface area contributed by atoms with Crippen LogP contribution in [0.5, 0.6) is 0 Å². The van der Waals surface area contributed by atoms with E-state index in [1.165, 1.54) is 50.9 Å². The van der Waals surface area contributed by atoms with Crippen molar-refractivity contribution < 1.29 is 4.74 Å². The van der Waals surface area contributed by atoms with Crippen molar-refractivity contribution in [2.75, 3.05) is 52.2 Å². The number of hydrogen-bond donors (Lipinski definition) is 2. The molecule has 5 nitrogen and oxygen atoms in total. The smallest absolute Gasteiger partial charge is 0.191 e. The van der Waals surface area contributed by atoms with Crippen LogP contribution in [0.4, 0.5) is 0 Å². The maximum atomic E-state index is 5.18. The highest BCUT2D eigenvalue weighted by molar-refractivity contribution is 7.99. The molecule has 2 aliphatic rings. The molecule has 0 spiro atoms. The monoisotopic (exact) mass is 370 g/mol. The van der Waals surface area contributed by atoms with Gasteiger partial charge in [0.05, 0.1) is 6.61 Å². The fourth-order valence-electron chi connectivity index (χ4n) is 3.81. The Hall–Kier alpha value is -0.460. The normalized spacial score (nSPS) is 26.1. The Balaban J connectivity index is 1.72. The van der Waals surface area contributed by atoms with Crippen molar-refractivity contribution in [3.63, 3.8) is 0 Å². The lowest BCUT2D eigenvalue weighted by molar-refractivity contribution is 0.121. The Morgan fingerprint density at radius 1 is 1.20 bits per heavy atom. The molecule has 2 rings (SSSR count). The van der Waals surface area contributed by atoms with Crippen LogP contribution in [-0.4, -0.2) is 74.3 Å². The molecule has 1 aliphatic heterocycles. The van der Waals surface area contributed by atoms with Crippen LogP contribution in [0.2, 0.25) is 0 Å². The van der Waals surface area contributed by atoms with E-state index in [9.17, 15) is 0 Å². The number of aliphatic imine (C=N–C) groups is 1. The summed E-state index contributed by atoms with van der Waals surface area (Å²) in [7, 11) is 1.78. The van der Waals surface area contributed by atoms with E-state index in [2.05, 4.69) is 41.1 Å². The number of piperidine rings is 1. The van der Waals surface area contributed by atoms with Crippen molar-refractivity contribution in [2.45, 2.75) is 57.2 Å². The summed E-state index contributed by atoms with van der Waals surface area (Å²) in [6, 6.07) is 0.595. The second kappa shape index (κ2) is 12.0. The van der Waals surface area contributed by atoms with Crippen LogP contribution in [-0.2, 0) is 4.74 Å². The van der Waals surface area contributed by atoms with Crippen LogP contribution >= 0.6 is 11.8 Å². The Morgan fingerprint density at radius 3 is 2.68 bits per heavy atom. The van der Waals surface area contributed by atoms with Crippen molar-refractivity contribution in [3.8, 4) is 0 Å². The van der Waals surface area contributed by atoms with Crippen LogP contribution in [0.1, 0.15) is 46.0 Å². The minimum Gasteiger partial charge on any atom is -0.383 e. The van der Waals surface area contributed by atoms with Crippen molar-refractivity contribution in [1.29, 1.82) is 0 Å². The van der Waals surface area contributed by atoms with Crippen molar-refractivity contribution in [3.05, 3.63) is 0 Å². The average molecular weight is 371 g/mol. The summed E-state index contributed by atoms with van der Waals surface area (Å²) in [5.41, 5.74) is 0. The zero-order chi connectivity index (χ0) is 17.9. The first-order chi connectivity index (χ1) is 12.2.